The summed E-state index contributed by atoms with van der Waals surface area (Å²) in [4.78, 5) is 23.4. The smallest absolute Gasteiger partial charge is 0.394 e. The van der Waals surface area contributed by atoms with Crippen LogP contribution in [0.15, 0.2) is 12.1 Å². The molecule has 0 bridgehead atoms. The monoisotopic (exact) mass is 372 g/mol. The van der Waals surface area contributed by atoms with Gasteiger partial charge in [-0.2, -0.15) is 13.2 Å². The van der Waals surface area contributed by atoms with Crippen molar-refractivity contribution in [3.05, 3.63) is 28.8 Å². The molecule has 0 saturated carbocycles. The Balaban J connectivity index is 2.18. The number of anilines is 1. The molecule has 2 amide bonds. The number of benzene rings is 1. The minimum absolute atomic E-state index is 0.271. The molecule has 0 spiro atoms. The van der Waals surface area contributed by atoms with Crippen LogP contribution in [-0.4, -0.2) is 41.3 Å². The fourth-order valence-electron chi connectivity index (χ4n) is 2.40. The van der Waals surface area contributed by atoms with Crippen LogP contribution < -0.4 is 5.32 Å². The van der Waals surface area contributed by atoms with E-state index >= 15 is 0 Å². The van der Waals surface area contributed by atoms with Crippen LogP contribution in [0.3, 0.4) is 0 Å². The number of alkyl halides is 3. The number of carboxylic acids is 1. The first kappa shape index (κ1) is 18.2. The lowest BCUT2D eigenvalue weighted by molar-refractivity contribution is -0.187. The highest BCUT2D eigenvalue weighted by atomic mass is 35.5. The van der Waals surface area contributed by atoms with E-state index in [1.807, 2.05) is 0 Å². The molecule has 0 radical (unpaired) electrons. The Morgan fingerprint density at radius 1 is 1.21 bits per heavy atom. The van der Waals surface area contributed by atoms with Crippen LogP contribution in [0.4, 0.5) is 32.4 Å². The zero-order valence-electron chi connectivity index (χ0n) is 11.7. The van der Waals surface area contributed by atoms with E-state index in [4.69, 9.17) is 16.7 Å². The van der Waals surface area contributed by atoms with Gasteiger partial charge in [0.15, 0.2) is 11.6 Å². The Morgan fingerprint density at radius 3 is 2.17 bits per heavy atom. The average Bonchev–Trinajstić information content (AvgIpc) is 2.88. The third-order valence-electron chi connectivity index (χ3n) is 3.58. The Kier molecular flexibility index (Phi) is 4.88. The molecular formula is C13H10ClF5N2O3. The summed E-state index contributed by atoms with van der Waals surface area (Å²) in [6, 6.07) is 0.180. The van der Waals surface area contributed by atoms with E-state index in [9.17, 15) is 31.5 Å². The predicted molar refractivity (Wildman–Crippen MR) is 72.6 cm³/mol. The number of halogens is 6. The second-order valence-corrected chi connectivity index (χ2v) is 5.61. The highest BCUT2D eigenvalue weighted by Gasteiger charge is 2.53. The van der Waals surface area contributed by atoms with Gasteiger partial charge < -0.3 is 15.3 Å². The van der Waals surface area contributed by atoms with E-state index < -0.39 is 60.4 Å². The largest absolute Gasteiger partial charge is 0.481 e. The molecule has 1 aromatic carbocycles. The lowest BCUT2D eigenvalue weighted by Gasteiger charge is -2.19. The molecule has 1 saturated heterocycles. The summed E-state index contributed by atoms with van der Waals surface area (Å²) < 4.78 is 65.7. The third-order valence-corrected chi connectivity index (χ3v) is 3.80. The summed E-state index contributed by atoms with van der Waals surface area (Å²) in [5.41, 5.74) is -0.883. The summed E-state index contributed by atoms with van der Waals surface area (Å²) >= 11 is 5.42. The maximum atomic E-state index is 13.6. The van der Waals surface area contributed by atoms with Crippen molar-refractivity contribution >= 4 is 29.3 Å². The van der Waals surface area contributed by atoms with Crippen LogP contribution in [0.5, 0.6) is 0 Å². The second-order valence-electron chi connectivity index (χ2n) is 5.17. The molecule has 1 aliphatic rings. The Labute approximate surface area is 137 Å². The van der Waals surface area contributed by atoms with Crippen molar-refractivity contribution in [2.24, 2.45) is 11.8 Å². The summed E-state index contributed by atoms with van der Waals surface area (Å²) in [7, 11) is 0. The number of aliphatic carboxylic acids is 1. The number of likely N-dealkylation sites (tertiary alicyclic amines) is 1. The van der Waals surface area contributed by atoms with E-state index in [2.05, 4.69) is 0 Å². The molecule has 1 aromatic rings. The Morgan fingerprint density at radius 2 is 1.75 bits per heavy atom. The molecule has 2 N–H and O–H groups in total. The summed E-state index contributed by atoms with van der Waals surface area (Å²) in [6.45, 7) is -1.66. The number of rotatable bonds is 2. The van der Waals surface area contributed by atoms with Crippen molar-refractivity contribution in [1.29, 1.82) is 0 Å². The minimum Gasteiger partial charge on any atom is -0.481 e. The first-order chi connectivity index (χ1) is 11.0. The lowest BCUT2D eigenvalue weighted by atomic mass is 9.96. The number of carboxylic acid groups (broad SMARTS) is 1. The van der Waals surface area contributed by atoms with Crippen molar-refractivity contribution in [2.45, 2.75) is 6.18 Å². The van der Waals surface area contributed by atoms with Crippen molar-refractivity contribution in [1.82, 2.24) is 4.90 Å². The molecule has 2 atom stereocenters. The molecule has 0 aromatic heterocycles. The fraction of sp³-hybridized carbons (Fsp3) is 0.385. The lowest BCUT2D eigenvalue weighted by Crippen LogP contribution is -2.35. The summed E-state index contributed by atoms with van der Waals surface area (Å²) in [5.74, 6) is -8.25. The molecule has 0 aliphatic carbocycles. The van der Waals surface area contributed by atoms with E-state index in [1.54, 1.807) is 5.32 Å². The second kappa shape index (κ2) is 6.42. The van der Waals surface area contributed by atoms with Crippen LogP contribution in [-0.2, 0) is 4.79 Å². The van der Waals surface area contributed by atoms with Crippen molar-refractivity contribution in [2.75, 3.05) is 18.4 Å². The number of nitrogens with zero attached hydrogens (tertiary/aromatic N) is 1. The van der Waals surface area contributed by atoms with Gasteiger partial charge in [-0.05, 0) is 12.1 Å². The molecule has 11 heteroatoms. The number of carbonyl (C=O) groups excluding carboxylic acids is 1. The number of urea groups is 1. The van der Waals surface area contributed by atoms with Crippen LogP contribution >= 0.6 is 11.6 Å². The van der Waals surface area contributed by atoms with Gasteiger partial charge in [0.05, 0.1) is 11.8 Å². The van der Waals surface area contributed by atoms with Crippen LogP contribution in [0.25, 0.3) is 0 Å². The number of hydrogen-bond donors (Lipinski definition) is 2. The van der Waals surface area contributed by atoms with Crippen molar-refractivity contribution in [3.8, 4) is 0 Å². The molecule has 24 heavy (non-hydrogen) atoms. The van der Waals surface area contributed by atoms with Crippen molar-refractivity contribution in [3.63, 3.8) is 0 Å². The van der Waals surface area contributed by atoms with Crippen LogP contribution in [0, 0.1) is 23.5 Å². The predicted octanol–water partition coefficient (Wildman–Crippen LogP) is 3.35. The molecule has 1 fully saturated rings. The SMILES string of the molecule is O=C(O)[C@@H]1CN(C(=O)Nc2c(F)cc(Cl)cc2F)C[C@H]1C(F)(F)F. The molecule has 0 unspecified atom stereocenters. The average molecular weight is 373 g/mol. The molecule has 5 nitrogen and oxygen atoms in total. The van der Waals surface area contributed by atoms with Gasteiger partial charge in [0.25, 0.3) is 0 Å². The zero-order valence-corrected chi connectivity index (χ0v) is 12.5. The maximum absolute atomic E-state index is 13.6. The first-order valence-corrected chi connectivity index (χ1v) is 6.88. The number of nitrogens with one attached hydrogen (secondary N) is 1. The van der Waals surface area contributed by atoms with E-state index in [0.29, 0.717) is 17.0 Å². The molecule has 1 aliphatic heterocycles. The van der Waals surface area contributed by atoms with E-state index in [1.165, 1.54) is 0 Å². The molecule has 2 rings (SSSR count). The standard InChI is InChI=1S/C13H10ClF5N2O3/c14-5-1-8(15)10(9(16)2-5)20-12(24)21-3-6(11(22)23)7(4-21)13(17,18)19/h1-2,6-7H,3-4H2,(H,20,24)(H,22,23)/t6-,7-/m1/s1. The fourth-order valence-corrected chi connectivity index (χ4v) is 2.59. The van der Waals surface area contributed by atoms with Gasteiger partial charge in [-0.1, -0.05) is 11.6 Å². The molecular weight excluding hydrogens is 363 g/mol. The van der Waals surface area contributed by atoms with Gasteiger partial charge in [0, 0.05) is 18.1 Å². The van der Waals surface area contributed by atoms with Crippen LogP contribution in [0.1, 0.15) is 0 Å². The zero-order chi connectivity index (χ0) is 18.2. The molecule has 1 heterocycles. The molecule has 132 valence electrons. The maximum Gasteiger partial charge on any atom is 0.394 e. The van der Waals surface area contributed by atoms with Gasteiger partial charge in [0.2, 0.25) is 0 Å². The van der Waals surface area contributed by atoms with Crippen molar-refractivity contribution < 1.29 is 36.6 Å². The van der Waals surface area contributed by atoms with Gasteiger partial charge in [0.1, 0.15) is 5.69 Å². The van der Waals surface area contributed by atoms with Gasteiger partial charge in [-0.25, -0.2) is 13.6 Å². The Bertz CT molecular complexity index is 659. The van der Waals surface area contributed by atoms with E-state index in [0.717, 1.165) is 0 Å². The topological polar surface area (TPSA) is 69.6 Å². The van der Waals surface area contributed by atoms with Gasteiger partial charge >= 0.3 is 18.2 Å². The van der Waals surface area contributed by atoms with Gasteiger partial charge in [-0.3, -0.25) is 4.79 Å². The Hall–Kier alpha value is -2.10. The number of carbonyl (C=O) groups is 2. The van der Waals surface area contributed by atoms with Crippen LogP contribution in [0.2, 0.25) is 5.02 Å². The quantitative estimate of drug-likeness (QED) is 0.782. The third kappa shape index (κ3) is 3.69. The minimum atomic E-state index is -4.82. The summed E-state index contributed by atoms with van der Waals surface area (Å²) in [5, 5.41) is 10.4. The van der Waals surface area contributed by atoms with E-state index in [-0.39, 0.29) is 5.02 Å². The normalized spacial score (nSPS) is 21.0. The summed E-state index contributed by atoms with van der Waals surface area (Å²) in [6.07, 6.45) is -4.82. The highest BCUT2D eigenvalue weighted by molar-refractivity contribution is 6.30. The highest BCUT2D eigenvalue weighted by Crippen LogP contribution is 2.38. The number of hydrogen-bond acceptors (Lipinski definition) is 2. The van der Waals surface area contributed by atoms with Gasteiger partial charge in [-0.15, -0.1) is 0 Å². The number of amides is 2. The first-order valence-electron chi connectivity index (χ1n) is 6.50.